The van der Waals surface area contributed by atoms with Gasteiger partial charge in [-0.1, -0.05) is 0 Å². The summed E-state index contributed by atoms with van der Waals surface area (Å²) in [7, 11) is 3.04. The molecule has 1 unspecified atom stereocenters. The van der Waals surface area contributed by atoms with E-state index in [9.17, 15) is 4.79 Å². The summed E-state index contributed by atoms with van der Waals surface area (Å²) in [5.41, 5.74) is 0.448. The van der Waals surface area contributed by atoms with Crippen LogP contribution in [0, 0.1) is 0 Å². The molecule has 18 heavy (non-hydrogen) atoms. The van der Waals surface area contributed by atoms with E-state index in [0.29, 0.717) is 15.8 Å². The van der Waals surface area contributed by atoms with E-state index in [1.165, 1.54) is 14.2 Å². The fourth-order valence-corrected chi connectivity index (χ4v) is 1.84. The van der Waals surface area contributed by atoms with Gasteiger partial charge in [0, 0.05) is 11.6 Å². The molecular weight excluding hydrogens is 302 g/mol. The number of hydrogen-bond donors (Lipinski definition) is 2. The summed E-state index contributed by atoms with van der Waals surface area (Å²) < 4.78 is 10.6. The van der Waals surface area contributed by atoms with Gasteiger partial charge in [0.15, 0.2) is 0 Å². The monoisotopic (exact) mass is 317 g/mol. The number of ether oxygens (including phenoxy) is 2. The molecule has 0 bridgehead atoms. The molecule has 1 rings (SSSR count). The highest BCUT2D eigenvalue weighted by atomic mass is 79.9. The maximum absolute atomic E-state index is 12.0. The lowest BCUT2D eigenvalue weighted by molar-refractivity contribution is 0.0838. The highest BCUT2D eigenvalue weighted by molar-refractivity contribution is 9.10. The fourth-order valence-electron chi connectivity index (χ4n) is 1.41. The smallest absolute Gasteiger partial charge is 0.252 e. The van der Waals surface area contributed by atoms with Gasteiger partial charge in [0.1, 0.15) is 5.75 Å². The predicted octanol–water partition coefficient (Wildman–Crippen LogP) is 1.19. The molecule has 6 heteroatoms. The topological polar surface area (TPSA) is 67.8 Å². The molecule has 0 aliphatic rings. The predicted molar refractivity (Wildman–Crippen MR) is 70.9 cm³/mol. The lowest BCUT2D eigenvalue weighted by Crippen LogP contribution is -2.40. The molecule has 0 heterocycles. The summed E-state index contributed by atoms with van der Waals surface area (Å²) in [5.74, 6) is 0.299. The first-order valence-electron chi connectivity index (χ1n) is 5.36. The molecule has 0 saturated carbocycles. The molecule has 1 amide bonds. The molecule has 0 aliphatic carbocycles. The molecule has 0 aromatic heterocycles. The Morgan fingerprint density at radius 3 is 2.78 bits per heavy atom. The van der Waals surface area contributed by atoms with Crippen molar-refractivity contribution >= 4 is 21.8 Å². The van der Waals surface area contributed by atoms with Crippen molar-refractivity contribution in [1.29, 1.82) is 0 Å². The zero-order chi connectivity index (χ0) is 13.5. The van der Waals surface area contributed by atoms with Crippen LogP contribution in [0.3, 0.4) is 0 Å². The molecule has 0 fully saturated rings. The molecule has 100 valence electrons. The van der Waals surface area contributed by atoms with Crippen LogP contribution < -0.4 is 10.1 Å². The zero-order valence-corrected chi connectivity index (χ0v) is 11.9. The number of carbonyl (C=O) groups excluding carboxylic acids is 1. The maximum Gasteiger partial charge on any atom is 0.252 e. The SMILES string of the molecule is COCC(CO)NC(=O)c1cc(OC)ccc1Br. The van der Waals surface area contributed by atoms with Crippen LogP contribution in [0.4, 0.5) is 0 Å². The second-order valence-electron chi connectivity index (χ2n) is 3.65. The van der Waals surface area contributed by atoms with Crippen molar-refractivity contribution in [3.63, 3.8) is 0 Å². The number of hydrogen-bond acceptors (Lipinski definition) is 4. The van der Waals surface area contributed by atoms with Crippen LogP contribution in [0.2, 0.25) is 0 Å². The van der Waals surface area contributed by atoms with Crippen LogP contribution in [-0.2, 0) is 4.74 Å². The van der Waals surface area contributed by atoms with Gasteiger partial charge in [0.2, 0.25) is 0 Å². The van der Waals surface area contributed by atoms with Crippen molar-refractivity contribution in [2.45, 2.75) is 6.04 Å². The van der Waals surface area contributed by atoms with Gasteiger partial charge in [-0.2, -0.15) is 0 Å². The van der Waals surface area contributed by atoms with Crippen LogP contribution in [0.25, 0.3) is 0 Å². The summed E-state index contributed by atoms with van der Waals surface area (Å²) in [6.45, 7) is 0.0744. The third-order valence-corrected chi connectivity index (χ3v) is 3.03. The summed E-state index contributed by atoms with van der Waals surface area (Å²) in [4.78, 5) is 12.0. The van der Waals surface area contributed by atoms with E-state index in [2.05, 4.69) is 21.2 Å². The number of methoxy groups -OCH3 is 2. The molecule has 0 spiro atoms. The standard InChI is InChI=1S/C12H16BrNO4/c1-17-7-8(6-15)14-12(16)10-5-9(18-2)3-4-11(10)13/h3-5,8,15H,6-7H2,1-2H3,(H,14,16). The Morgan fingerprint density at radius 1 is 1.50 bits per heavy atom. The third kappa shape index (κ3) is 3.97. The van der Waals surface area contributed by atoms with Crippen molar-refractivity contribution < 1.29 is 19.4 Å². The molecule has 0 aliphatic heterocycles. The first-order valence-corrected chi connectivity index (χ1v) is 6.15. The van der Waals surface area contributed by atoms with E-state index < -0.39 is 6.04 Å². The van der Waals surface area contributed by atoms with Crippen LogP contribution in [0.5, 0.6) is 5.75 Å². The molecule has 1 aromatic carbocycles. The van der Waals surface area contributed by atoms with Gasteiger partial charge in [-0.15, -0.1) is 0 Å². The summed E-state index contributed by atoms with van der Waals surface area (Å²) in [6, 6.07) is 4.68. The number of amides is 1. The fraction of sp³-hybridized carbons (Fsp3) is 0.417. The third-order valence-electron chi connectivity index (χ3n) is 2.34. The largest absolute Gasteiger partial charge is 0.497 e. The Morgan fingerprint density at radius 2 is 2.22 bits per heavy atom. The summed E-state index contributed by atoms with van der Waals surface area (Å²) in [6.07, 6.45) is 0. The minimum Gasteiger partial charge on any atom is -0.497 e. The van der Waals surface area contributed by atoms with Gasteiger partial charge < -0.3 is 19.9 Å². The quantitative estimate of drug-likeness (QED) is 0.827. The average molecular weight is 318 g/mol. The van der Waals surface area contributed by atoms with Gasteiger partial charge in [-0.25, -0.2) is 0 Å². The Hall–Kier alpha value is -1.11. The zero-order valence-electron chi connectivity index (χ0n) is 10.3. The number of rotatable bonds is 6. The normalized spacial score (nSPS) is 12.0. The van der Waals surface area contributed by atoms with E-state index in [4.69, 9.17) is 14.6 Å². The van der Waals surface area contributed by atoms with E-state index in [-0.39, 0.29) is 19.1 Å². The Balaban J connectivity index is 2.82. The van der Waals surface area contributed by atoms with Crippen LogP contribution in [0.15, 0.2) is 22.7 Å². The number of aliphatic hydroxyl groups is 1. The van der Waals surface area contributed by atoms with Crippen molar-refractivity contribution in [3.05, 3.63) is 28.2 Å². The second-order valence-corrected chi connectivity index (χ2v) is 4.51. The lowest BCUT2D eigenvalue weighted by atomic mass is 10.2. The minimum absolute atomic E-state index is 0.179. The number of halogens is 1. The van der Waals surface area contributed by atoms with Crippen molar-refractivity contribution in [1.82, 2.24) is 5.32 Å². The number of nitrogens with one attached hydrogen (secondary N) is 1. The molecule has 0 radical (unpaired) electrons. The van der Waals surface area contributed by atoms with Crippen LogP contribution in [-0.4, -0.2) is 44.5 Å². The average Bonchev–Trinajstić information content (AvgIpc) is 2.38. The summed E-state index contributed by atoms with van der Waals surface area (Å²) >= 11 is 3.30. The Kier molecular flexibility index (Phi) is 6.11. The van der Waals surface area contributed by atoms with E-state index >= 15 is 0 Å². The summed E-state index contributed by atoms with van der Waals surface area (Å²) in [5, 5.41) is 11.8. The van der Waals surface area contributed by atoms with Gasteiger partial charge >= 0.3 is 0 Å². The molecule has 1 atom stereocenters. The van der Waals surface area contributed by atoms with Gasteiger partial charge in [-0.05, 0) is 34.1 Å². The van der Waals surface area contributed by atoms with E-state index in [1.807, 2.05) is 0 Å². The van der Waals surface area contributed by atoms with Crippen LogP contribution in [0.1, 0.15) is 10.4 Å². The van der Waals surface area contributed by atoms with Crippen LogP contribution >= 0.6 is 15.9 Å². The van der Waals surface area contributed by atoms with Crippen molar-refractivity contribution in [2.75, 3.05) is 27.4 Å². The lowest BCUT2D eigenvalue weighted by Gasteiger charge is -2.16. The molecule has 1 aromatic rings. The highest BCUT2D eigenvalue weighted by Gasteiger charge is 2.15. The van der Waals surface area contributed by atoms with Crippen molar-refractivity contribution in [3.8, 4) is 5.75 Å². The van der Waals surface area contributed by atoms with Gasteiger partial charge in [0.05, 0.1) is 31.9 Å². The van der Waals surface area contributed by atoms with Gasteiger partial charge in [0.25, 0.3) is 5.91 Å². The van der Waals surface area contributed by atoms with E-state index in [0.717, 1.165) is 0 Å². The Bertz CT molecular complexity index is 411. The number of carbonyl (C=O) groups is 1. The van der Waals surface area contributed by atoms with Crippen molar-refractivity contribution in [2.24, 2.45) is 0 Å². The minimum atomic E-state index is -0.430. The first kappa shape index (κ1) is 14.9. The maximum atomic E-state index is 12.0. The van der Waals surface area contributed by atoms with E-state index in [1.54, 1.807) is 18.2 Å². The molecule has 2 N–H and O–H groups in total. The molecular formula is C12H16BrNO4. The Labute approximate surface area is 114 Å². The van der Waals surface area contributed by atoms with Gasteiger partial charge in [-0.3, -0.25) is 4.79 Å². The second kappa shape index (κ2) is 7.35. The highest BCUT2D eigenvalue weighted by Crippen LogP contribution is 2.22. The molecule has 5 nitrogen and oxygen atoms in total. The number of aliphatic hydroxyl groups excluding tert-OH is 1. The number of benzene rings is 1. The molecule has 0 saturated heterocycles. The first-order chi connectivity index (χ1) is 8.62.